The highest BCUT2D eigenvalue weighted by atomic mass is 16.6. The molecule has 0 aliphatic carbocycles. The highest BCUT2D eigenvalue weighted by Gasteiger charge is 2.35. The van der Waals surface area contributed by atoms with Gasteiger partial charge in [-0.05, 0) is 26.0 Å². The topological polar surface area (TPSA) is 93.2 Å². The number of amides is 2. The zero-order valence-electron chi connectivity index (χ0n) is 16.0. The van der Waals surface area contributed by atoms with Gasteiger partial charge in [-0.1, -0.05) is 5.16 Å². The molecule has 4 heterocycles. The van der Waals surface area contributed by atoms with Gasteiger partial charge in [-0.2, -0.15) is 5.10 Å². The maximum Gasteiger partial charge on any atom is 0.289 e. The van der Waals surface area contributed by atoms with E-state index < -0.39 is 6.10 Å². The van der Waals surface area contributed by atoms with Crippen LogP contribution >= 0.6 is 0 Å². The lowest BCUT2D eigenvalue weighted by Gasteiger charge is -2.35. The molecule has 9 heteroatoms. The van der Waals surface area contributed by atoms with Crippen molar-refractivity contribution in [1.82, 2.24) is 19.6 Å². The normalized spacial score (nSPS) is 19.5. The van der Waals surface area contributed by atoms with E-state index in [2.05, 4.69) is 10.3 Å². The monoisotopic (exact) mass is 385 g/mol. The summed E-state index contributed by atoms with van der Waals surface area (Å²) in [7, 11) is 0. The van der Waals surface area contributed by atoms with Gasteiger partial charge < -0.3 is 19.1 Å². The number of aryl methyl sites for hydroxylation is 1. The summed E-state index contributed by atoms with van der Waals surface area (Å²) in [5, 5.41) is 8.45. The molecule has 0 aromatic carbocycles. The minimum atomic E-state index is -0.619. The molecule has 28 heavy (non-hydrogen) atoms. The minimum absolute atomic E-state index is 0.0932. The van der Waals surface area contributed by atoms with E-state index in [-0.39, 0.29) is 11.8 Å². The van der Waals surface area contributed by atoms with Crippen molar-refractivity contribution in [2.45, 2.75) is 32.9 Å². The summed E-state index contributed by atoms with van der Waals surface area (Å²) >= 11 is 0. The van der Waals surface area contributed by atoms with E-state index in [1.165, 1.54) is 6.26 Å². The van der Waals surface area contributed by atoms with Crippen molar-refractivity contribution < 1.29 is 18.8 Å². The van der Waals surface area contributed by atoms with Crippen LogP contribution in [0.25, 0.3) is 0 Å². The summed E-state index contributed by atoms with van der Waals surface area (Å²) in [4.78, 5) is 34.0. The van der Waals surface area contributed by atoms with Crippen molar-refractivity contribution in [2.75, 3.05) is 26.2 Å². The van der Waals surface area contributed by atoms with Gasteiger partial charge in [0.25, 0.3) is 11.8 Å². The van der Waals surface area contributed by atoms with Crippen LogP contribution in [0.5, 0.6) is 0 Å². The Balaban J connectivity index is 1.33. The summed E-state index contributed by atoms with van der Waals surface area (Å²) in [6.45, 7) is 6.66. The van der Waals surface area contributed by atoms with Gasteiger partial charge in [0.05, 0.1) is 18.2 Å². The summed E-state index contributed by atoms with van der Waals surface area (Å²) in [5.41, 5.74) is 2.69. The Morgan fingerprint density at radius 3 is 2.61 bits per heavy atom. The Morgan fingerprint density at radius 1 is 1.21 bits per heavy atom. The first-order chi connectivity index (χ1) is 13.6. The number of carbonyl (C=O) groups excluding carboxylic acids is 2. The molecule has 1 saturated heterocycles. The quantitative estimate of drug-likeness (QED) is 0.790. The number of piperazine rings is 1. The fourth-order valence-corrected chi connectivity index (χ4v) is 3.61. The van der Waals surface area contributed by atoms with Crippen LogP contribution in [0.15, 0.2) is 34.2 Å². The van der Waals surface area contributed by atoms with E-state index in [9.17, 15) is 9.59 Å². The van der Waals surface area contributed by atoms with E-state index in [0.717, 1.165) is 23.5 Å². The molecule has 1 fully saturated rings. The number of carbonyl (C=O) groups is 2. The molecule has 2 aromatic rings. The Morgan fingerprint density at radius 2 is 1.96 bits per heavy atom. The highest BCUT2D eigenvalue weighted by molar-refractivity contribution is 6.04. The smallest absolute Gasteiger partial charge is 0.289 e. The van der Waals surface area contributed by atoms with Crippen molar-refractivity contribution >= 4 is 17.5 Å². The van der Waals surface area contributed by atoms with Gasteiger partial charge in [-0.25, -0.2) is 0 Å². The molecule has 2 aliphatic rings. The predicted octanol–water partition coefficient (Wildman–Crippen LogP) is 1.28. The van der Waals surface area contributed by atoms with Crippen LogP contribution in [0.2, 0.25) is 0 Å². The van der Waals surface area contributed by atoms with Crippen LogP contribution in [0.1, 0.15) is 35.2 Å². The molecular weight excluding hydrogens is 362 g/mol. The lowest BCUT2D eigenvalue weighted by atomic mass is 10.0. The number of aromatic nitrogens is 2. The lowest BCUT2D eigenvalue weighted by molar-refractivity contribution is -0.143. The molecule has 0 spiro atoms. The number of nitrogens with zero attached hydrogens (tertiary/aromatic N) is 5. The number of oxime groups is 1. The van der Waals surface area contributed by atoms with Crippen molar-refractivity contribution in [3.05, 3.63) is 41.6 Å². The Hall–Kier alpha value is -3.10. The Kier molecular flexibility index (Phi) is 4.89. The molecule has 9 nitrogen and oxygen atoms in total. The fourth-order valence-electron chi connectivity index (χ4n) is 3.61. The fraction of sp³-hybridized carbons (Fsp3) is 0.474. The van der Waals surface area contributed by atoms with Gasteiger partial charge in [-0.15, -0.1) is 0 Å². The van der Waals surface area contributed by atoms with Crippen LogP contribution < -0.4 is 0 Å². The third-order valence-corrected chi connectivity index (χ3v) is 5.27. The van der Waals surface area contributed by atoms with Crippen molar-refractivity contribution in [3.8, 4) is 0 Å². The first-order valence-electron chi connectivity index (χ1n) is 9.45. The number of furan rings is 1. The van der Waals surface area contributed by atoms with Gasteiger partial charge in [0.1, 0.15) is 0 Å². The predicted molar refractivity (Wildman–Crippen MR) is 99.9 cm³/mol. The zero-order chi connectivity index (χ0) is 19.7. The average molecular weight is 385 g/mol. The molecule has 0 saturated carbocycles. The van der Waals surface area contributed by atoms with Crippen molar-refractivity contribution in [2.24, 2.45) is 5.16 Å². The van der Waals surface area contributed by atoms with Crippen LogP contribution in [0.3, 0.4) is 0 Å². The van der Waals surface area contributed by atoms with Crippen LogP contribution in [-0.2, 0) is 16.2 Å². The second-order valence-electron chi connectivity index (χ2n) is 6.89. The van der Waals surface area contributed by atoms with Gasteiger partial charge >= 0.3 is 0 Å². The maximum atomic E-state index is 12.8. The molecule has 1 atom stereocenters. The first kappa shape index (κ1) is 18.3. The highest BCUT2D eigenvalue weighted by Crippen LogP contribution is 2.21. The molecule has 148 valence electrons. The molecule has 2 aliphatic heterocycles. The van der Waals surface area contributed by atoms with E-state index >= 15 is 0 Å². The van der Waals surface area contributed by atoms with E-state index in [4.69, 9.17) is 9.25 Å². The second kappa shape index (κ2) is 7.49. The van der Waals surface area contributed by atoms with E-state index in [1.807, 2.05) is 18.5 Å². The average Bonchev–Trinajstić information content (AvgIpc) is 3.47. The van der Waals surface area contributed by atoms with E-state index in [1.54, 1.807) is 28.1 Å². The lowest BCUT2D eigenvalue weighted by Crippen LogP contribution is -2.52. The SMILES string of the molecule is CCn1ncc(C2=NO[C@H](C(=O)N3CCN(C(=O)c4ccco4)CC3)C2)c1C. The molecular formula is C19H23N5O4. The largest absolute Gasteiger partial charge is 0.459 e. The second-order valence-corrected chi connectivity index (χ2v) is 6.89. The van der Waals surface area contributed by atoms with Crippen molar-refractivity contribution in [1.29, 1.82) is 0 Å². The van der Waals surface area contributed by atoms with E-state index in [0.29, 0.717) is 38.4 Å². The first-order valence-corrected chi connectivity index (χ1v) is 9.45. The van der Waals surface area contributed by atoms with Crippen LogP contribution in [0, 0.1) is 6.92 Å². The number of rotatable bonds is 4. The Labute approximate surface area is 162 Å². The summed E-state index contributed by atoms with van der Waals surface area (Å²) in [6, 6.07) is 3.34. The standard InChI is InChI=1S/C19H23N5O4/c1-3-24-13(2)14(12-20-24)15-11-17(28-21-15)19(26)23-8-6-22(7-9-23)18(25)16-5-4-10-27-16/h4-5,10,12,17H,3,6-9,11H2,1-2H3/t17-/m0/s1. The summed E-state index contributed by atoms with van der Waals surface area (Å²) in [6.07, 6.45) is 3.06. The minimum Gasteiger partial charge on any atom is -0.459 e. The zero-order valence-corrected chi connectivity index (χ0v) is 16.0. The van der Waals surface area contributed by atoms with Crippen LogP contribution in [-0.4, -0.2) is 69.4 Å². The summed E-state index contributed by atoms with van der Waals surface area (Å²) in [5.74, 6) is 0.0765. The molecule has 0 N–H and O–H groups in total. The molecule has 0 bridgehead atoms. The Bertz CT molecular complexity index is 894. The number of hydrogen-bond acceptors (Lipinski definition) is 6. The third-order valence-electron chi connectivity index (χ3n) is 5.27. The van der Waals surface area contributed by atoms with Gasteiger partial charge in [0, 0.05) is 50.4 Å². The van der Waals surface area contributed by atoms with Crippen molar-refractivity contribution in [3.63, 3.8) is 0 Å². The summed E-state index contributed by atoms with van der Waals surface area (Å²) < 4.78 is 7.05. The van der Waals surface area contributed by atoms with Crippen LogP contribution in [0.4, 0.5) is 0 Å². The molecule has 4 rings (SSSR count). The molecule has 2 amide bonds. The van der Waals surface area contributed by atoms with Gasteiger partial charge in [0.2, 0.25) is 6.10 Å². The third kappa shape index (κ3) is 3.28. The maximum absolute atomic E-state index is 12.8. The van der Waals surface area contributed by atoms with Gasteiger partial charge in [-0.3, -0.25) is 14.3 Å². The number of hydrogen-bond donors (Lipinski definition) is 0. The van der Waals surface area contributed by atoms with Gasteiger partial charge in [0.15, 0.2) is 5.76 Å². The molecule has 0 unspecified atom stereocenters. The molecule has 0 radical (unpaired) electrons. The molecule has 2 aromatic heterocycles.